The summed E-state index contributed by atoms with van der Waals surface area (Å²) in [6.07, 6.45) is 0. The van der Waals surface area contributed by atoms with Gasteiger partial charge in [0.25, 0.3) is 5.91 Å². The molecule has 2 heterocycles. The third-order valence-electron chi connectivity index (χ3n) is 4.23. The number of anilines is 1. The maximum Gasteiger partial charge on any atom is 0.350 e. The topological polar surface area (TPSA) is 81.7 Å². The average molecular weight is 470 g/mol. The molecule has 0 bridgehead atoms. The molecule has 6 nitrogen and oxygen atoms in total. The van der Waals surface area contributed by atoms with Gasteiger partial charge in [0, 0.05) is 15.0 Å². The number of amides is 1. The molecular formula is C20H17ClFNO5S2. The molecule has 158 valence electrons. The summed E-state index contributed by atoms with van der Waals surface area (Å²) in [6.45, 7) is 4.91. The van der Waals surface area contributed by atoms with Crippen molar-refractivity contribution in [3.63, 3.8) is 0 Å². The van der Waals surface area contributed by atoms with Gasteiger partial charge in [0.05, 0.1) is 17.2 Å². The fourth-order valence-electron chi connectivity index (χ4n) is 2.69. The molecule has 0 saturated carbocycles. The number of ether oxygens (including phenoxy) is 2. The Kier molecular flexibility index (Phi) is 6.74. The van der Waals surface area contributed by atoms with Crippen LogP contribution in [-0.2, 0) is 14.3 Å². The van der Waals surface area contributed by atoms with Crippen LogP contribution in [0.2, 0.25) is 5.02 Å². The second kappa shape index (κ2) is 9.11. The van der Waals surface area contributed by atoms with Gasteiger partial charge in [-0.3, -0.25) is 4.79 Å². The minimum Gasteiger partial charge on any atom is -0.462 e. The maximum atomic E-state index is 13.4. The van der Waals surface area contributed by atoms with Crippen molar-refractivity contribution >= 4 is 67.2 Å². The van der Waals surface area contributed by atoms with E-state index in [1.807, 2.05) is 6.92 Å². The van der Waals surface area contributed by atoms with Gasteiger partial charge in [-0.15, -0.1) is 22.7 Å². The van der Waals surface area contributed by atoms with E-state index in [0.717, 1.165) is 21.8 Å². The van der Waals surface area contributed by atoms with Crippen molar-refractivity contribution in [3.05, 3.63) is 49.9 Å². The first-order valence-electron chi connectivity index (χ1n) is 8.84. The highest BCUT2D eigenvalue weighted by atomic mass is 35.5. The number of esters is 2. The summed E-state index contributed by atoms with van der Waals surface area (Å²) in [4.78, 5) is 37.8. The van der Waals surface area contributed by atoms with Crippen molar-refractivity contribution in [2.75, 3.05) is 18.5 Å². The Hall–Kier alpha value is -2.49. The van der Waals surface area contributed by atoms with Crippen LogP contribution in [0, 0.1) is 19.7 Å². The molecule has 0 spiro atoms. The van der Waals surface area contributed by atoms with E-state index in [4.69, 9.17) is 21.1 Å². The number of aryl methyl sites for hydroxylation is 1. The largest absolute Gasteiger partial charge is 0.462 e. The molecule has 0 unspecified atom stereocenters. The van der Waals surface area contributed by atoms with E-state index in [1.54, 1.807) is 13.8 Å². The molecule has 2 aromatic heterocycles. The van der Waals surface area contributed by atoms with Crippen LogP contribution in [-0.4, -0.2) is 31.1 Å². The molecule has 0 aliphatic rings. The van der Waals surface area contributed by atoms with Crippen molar-refractivity contribution in [1.29, 1.82) is 0 Å². The first-order valence-corrected chi connectivity index (χ1v) is 10.9. The third kappa shape index (κ3) is 4.48. The molecular weight excluding hydrogens is 453 g/mol. The molecule has 0 aliphatic carbocycles. The van der Waals surface area contributed by atoms with Crippen LogP contribution in [0.5, 0.6) is 0 Å². The predicted octanol–water partition coefficient (Wildman–Crippen LogP) is 5.34. The van der Waals surface area contributed by atoms with Gasteiger partial charge >= 0.3 is 11.9 Å². The van der Waals surface area contributed by atoms with E-state index in [-0.39, 0.29) is 22.1 Å². The molecule has 0 radical (unpaired) electrons. The zero-order valence-corrected chi connectivity index (χ0v) is 18.6. The van der Waals surface area contributed by atoms with Crippen LogP contribution >= 0.6 is 34.3 Å². The Morgan fingerprint density at radius 1 is 1.13 bits per heavy atom. The third-order valence-corrected chi connectivity index (χ3v) is 6.99. The second-order valence-corrected chi connectivity index (χ2v) is 8.87. The fraction of sp³-hybridized carbons (Fsp3) is 0.250. The summed E-state index contributed by atoms with van der Waals surface area (Å²) in [5.74, 6) is -2.38. The monoisotopic (exact) mass is 469 g/mol. The molecule has 3 rings (SSSR count). The molecule has 0 aliphatic heterocycles. The molecule has 10 heteroatoms. The molecule has 1 aromatic carbocycles. The summed E-state index contributed by atoms with van der Waals surface area (Å²) < 4.78 is 24.0. The molecule has 1 N–H and O–H groups in total. The summed E-state index contributed by atoms with van der Waals surface area (Å²) in [6, 6.07) is 3.99. The van der Waals surface area contributed by atoms with Crippen LogP contribution in [0.15, 0.2) is 18.2 Å². The van der Waals surface area contributed by atoms with Gasteiger partial charge in [0.15, 0.2) is 6.61 Å². The number of hydrogen-bond donors (Lipinski definition) is 1. The molecule has 0 atom stereocenters. The summed E-state index contributed by atoms with van der Waals surface area (Å²) >= 11 is 8.41. The lowest BCUT2D eigenvalue weighted by Gasteiger charge is -2.07. The summed E-state index contributed by atoms with van der Waals surface area (Å²) in [7, 11) is 0. The first-order chi connectivity index (χ1) is 14.2. The van der Waals surface area contributed by atoms with Crippen LogP contribution in [0.1, 0.15) is 37.4 Å². The Bertz CT molecular complexity index is 1150. The van der Waals surface area contributed by atoms with E-state index < -0.39 is 30.3 Å². The van der Waals surface area contributed by atoms with Gasteiger partial charge in [0.2, 0.25) is 0 Å². The molecule has 30 heavy (non-hydrogen) atoms. The van der Waals surface area contributed by atoms with E-state index in [1.165, 1.54) is 29.5 Å². The lowest BCUT2D eigenvalue weighted by Crippen LogP contribution is -2.21. The molecule has 0 saturated heterocycles. The van der Waals surface area contributed by atoms with Gasteiger partial charge in [-0.25, -0.2) is 14.0 Å². The van der Waals surface area contributed by atoms with Crippen LogP contribution in [0.3, 0.4) is 0 Å². The number of nitrogens with one attached hydrogen (secondary N) is 1. The van der Waals surface area contributed by atoms with Gasteiger partial charge in [-0.2, -0.15) is 0 Å². The van der Waals surface area contributed by atoms with Gasteiger partial charge < -0.3 is 14.8 Å². The van der Waals surface area contributed by atoms with Gasteiger partial charge in [-0.05, 0) is 44.5 Å². The number of rotatable bonds is 6. The average Bonchev–Trinajstić information content (AvgIpc) is 3.16. The van der Waals surface area contributed by atoms with E-state index >= 15 is 0 Å². The SMILES string of the molecule is CCOC(=O)c1c(NC(=O)COC(=O)c2sc3cc(F)ccc3c2Cl)sc(C)c1C. The lowest BCUT2D eigenvalue weighted by atomic mass is 10.1. The van der Waals surface area contributed by atoms with E-state index in [9.17, 15) is 18.8 Å². The number of halogens is 2. The van der Waals surface area contributed by atoms with Crippen molar-refractivity contribution in [1.82, 2.24) is 0 Å². The molecule has 3 aromatic rings. The number of hydrogen-bond acceptors (Lipinski definition) is 7. The summed E-state index contributed by atoms with van der Waals surface area (Å²) in [5, 5.41) is 3.60. The Morgan fingerprint density at radius 3 is 2.57 bits per heavy atom. The predicted molar refractivity (Wildman–Crippen MR) is 115 cm³/mol. The van der Waals surface area contributed by atoms with Crippen LogP contribution < -0.4 is 5.32 Å². The standard InChI is InChI=1S/C20H17ClFNO5S2/c1-4-27-19(25)15-9(2)10(3)29-18(15)23-14(24)8-28-20(26)17-16(21)12-6-5-11(22)7-13(12)30-17/h5-7H,4,8H2,1-3H3,(H,23,24). The normalized spacial score (nSPS) is 10.8. The van der Waals surface area contributed by atoms with E-state index in [2.05, 4.69) is 5.32 Å². The molecule has 1 amide bonds. The number of fused-ring (bicyclic) bond motifs is 1. The quantitative estimate of drug-likeness (QED) is 0.492. The number of carbonyl (C=O) groups excluding carboxylic acids is 3. The van der Waals surface area contributed by atoms with Crippen LogP contribution in [0.4, 0.5) is 9.39 Å². The molecule has 0 fully saturated rings. The van der Waals surface area contributed by atoms with Crippen molar-refractivity contribution < 1.29 is 28.2 Å². The maximum absolute atomic E-state index is 13.4. The van der Waals surface area contributed by atoms with Crippen LogP contribution in [0.25, 0.3) is 10.1 Å². The van der Waals surface area contributed by atoms with Gasteiger partial charge in [-0.1, -0.05) is 11.6 Å². The Morgan fingerprint density at radius 2 is 1.87 bits per heavy atom. The number of carbonyl (C=O) groups is 3. The van der Waals surface area contributed by atoms with E-state index in [0.29, 0.717) is 15.1 Å². The van der Waals surface area contributed by atoms with Gasteiger partial charge in [0.1, 0.15) is 15.7 Å². The number of benzene rings is 1. The Balaban J connectivity index is 1.70. The minimum atomic E-state index is -0.791. The zero-order chi connectivity index (χ0) is 22.0. The first kappa shape index (κ1) is 22.2. The van der Waals surface area contributed by atoms with Crippen molar-refractivity contribution in [2.45, 2.75) is 20.8 Å². The Labute approximate surface area is 184 Å². The number of thiophene rings is 2. The fourth-order valence-corrected chi connectivity index (χ4v) is 5.19. The highest BCUT2D eigenvalue weighted by molar-refractivity contribution is 7.21. The summed E-state index contributed by atoms with van der Waals surface area (Å²) in [5.41, 5.74) is 1.00. The smallest absolute Gasteiger partial charge is 0.350 e. The zero-order valence-electron chi connectivity index (χ0n) is 16.3. The highest BCUT2D eigenvalue weighted by Gasteiger charge is 2.23. The van der Waals surface area contributed by atoms with Crippen molar-refractivity contribution in [2.24, 2.45) is 0 Å². The highest BCUT2D eigenvalue weighted by Crippen LogP contribution is 2.36. The lowest BCUT2D eigenvalue weighted by molar-refractivity contribution is -0.119. The second-order valence-electron chi connectivity index (χ2n) is 6.22. The minimum absolute atomic E-state index is 0.0834. The van der Waals surface area contributed by atoms with Crippen molar-refractivity contribution in [3.8, 4) is 0 Å².